The fourth-order valence-electron chi connectivity index (χ4n) is 2.46. The number of benzene rings is 1. The van der Waals surface area contributed by atoms with Crippen molar-refractivity contribution >= 4 is 0 Å². The van der Waals surface area contributed by atoms with E-state index in [9.17, 15) is 8.78 Å². The minimum absolute atomic E-state index is 0.427. The third kappa shape index (κ3) is 2.83. The fraction of sp³-hybridized carbons (Fsp3) is 0.571. The zero-order valence-corrected chi connectivity index (χ0v) is 10.2. The quantitative estimate of drug-likeness (QED) is 0.827. The molecular weight excluding hydrogens is 220 g/mol. The molecule has 1 aromatic rings. The Morgan fingerprint density at radius 3 is 2.59 bits per heavy atom. The number of nitrogens with one attached hydrogen (secondary N) is 1. The lowest BCUT2D eigenvalue weighted by molar-refractivity contribution is 0.123. The number of halogens is 2. The molecule has 0 aromatic heterocycles. The number of hydrogen-bond donors (Lipinski definition) is 1. The van der Waals surface area contributed by atoms with Gasteiger partial charge >= 0.3 is 0 Å². The van der Waals surface area contributed by atoms with Crippen LogP contribution in [0.15, 0.2) is 18.2 Å². The van der Waals surface area contributed by atoms with E-state index in [2.05, 4.69) is 12.2 Å². The first-order valence-corrected chi connectivity index (χ1v) is 6.30. The van der Waals surface area contributed by atoms with Crippen LogP contribution in [0.1, 0.15) is 38.2 Å². The van der Waals surface area contributed by atoms with Gasteiger partial charge in [-0.25, -0.2) is 8.78 Å². The van der Waals surface area contributed by atoms with E-state index in [0.29, 0.717) is 17.5 Å². The zero-order valence-electron chi connectivity index (χ0n) is 10.2. The third-order valence-corrected chi connectivity index (χ3v) is 3.99. The predicted octanol–water partition coefficient (Wildman–Crippen LogP) is 3.63. The van der Waals surface area contributed by atoms with Gasteiger partial charge in [0.1, 0.15) is 11.6 Å². The first kappa shape index (κ1) is 12.5. The molecule has 3 heteroatoms. The van der Waals surface area contributed by atoms with E-state index >= 15 is 0 Å². The molecule has 0 bridgehead atoms. The van der Waals surface area contributed by atoms with Crippen LogP contribution in [-0.2, 0) is 6.54 Å². The summed E-state index contributed by atoms with van der Waals surface area (Å²) in [6.07, 6.45) is 5.01. The van der Waals surface area contributed by atoms with Crippen LogP contribution in [0.2, 0.25) is 0 Å². The molecule has 2 rings (SSSR count). The van der Waals surface area contributed by atoms with Crippen LogP contribution >= 0.6 is 0 Å². The molecule has 0 aliphatic heterocycles. The number of hydrogen-bond acceptors (Lipinski definition) is 1. The average Bonchev–Trinajstić information content (AvgIpc) is 2.25. The Labute approximate surface area is 101 Å². The van der Waals surface area contributed by atoms with Gasteiger partial charge in [0.25, 0.3) is 0 Å². The molecule has 1 N–H and O–H groups in total. The average molecular weight is 239 g/mol. The van der Waals surface area contributed by atoms with Gasteiger partial charge < -0.3 is 5.32 Å². The summed E-state index contributed by atoms with van der Waals surface area (Å²) in [5.74, 6) is -0.980. The second-order valence-corrected chi connectivity index (χ2v) is 5.05. The highest BCUT2D eigenvalue weighted by molar-refractivity contribution is 5.18. The molecule has 1 aliphatic carbocycles. The largest absolute Gasteiger partial charge is 0.312 e. The van der Waals surface area contributed by atoms with Gasteiger partial charge in [0.05, 0.1) is 0 Å². The highest BCUT2D eigenvalue weighted by Crippen LogP contribution is 2.43. The third-order valence-electron chi connectivity index (χ3n) is 3.99. The summed E-state index contributed by atoms with van der Waals surface area (Å²) in [6, 6.07) is 3.76. The van der Waals surface area contributed by atoms with Crippen LogP contribution < -0.4 is 5.32 Å². The van der Waals surface area contributed by atoms with Crippen molar-refractivity contribution in [3.05, 3.63) is 35.4 Å². The Bertz CT molecular complexity index is 380. The summed E-state index contributed by atoms with van der Waals surface area (Å²) in [5, 5.41) is 3.29. The molecule has 0 amide bonds. The van der Waals surface area contributed by atoms with Gasteiger partial charge in [0.15, 0.2) is 0 Å². The van der Waals surface area contributed by atoms with Crippen molar-refractivity contribution in [2.75, 3.05) is 6.54 Å². The molecule has 0 spiro atoms. The monoisotopic (exact) mass is 239 g/mol. The molecule has 0 unspecified atom stereocenters. The molecule has 1 aliphatic rings. The summed E-state index contributed by atoms with van der Waals surface area (Å²) in [4.78, 5) is 0. The van der Waals surface area contributed by atoms with E-state index in [0.717, 1.165) is 12.6 Å². The first-order valence-electron chi connectivity index (χ1n) is 6.30. The summed E-state index contributed by atoms with van der Waals surface area (Å²) in [5.41, 5.74) is 0.966. The van der Waals surface area contributed by atoms with Crippen molar-refractivity contribution in [2.45, 2.75) is 39.2 Å². The molecule has 1 nitrogen and oxygen atoms in total. The predicted molar refractivity (Wildman–Crippen MR) is 64.6 cm³/mol. The van der Waals surface area contributed by atoms with Crippen LogP contribution in [0.3, 0.4) is 0 Å². The molecule has 0 heterocycles. The normalized spacial score (nSPS) is 17.8. The van der Waals surface area contributed by atoms with Crippen LogP contribution in [0.5, 0.6) is 0 Å². The lowest BCUT2D eigenvalue weighted by atomic mass is 9.67. The molecule has 1 aromatic carbocycles. The van der Waals surface area contributed by atoms with Crippen LogP contribution in [-0.4, -0.2) is 6.54 Å². The molecular formula is C14H19F2N. The summed E-state index contributed by atoms with van der Waals surface area (Å²) >= 11 is 0. The second-order valence-electron chi connectivity index (χ2n) is 5.05. The molecule has 94 valence electrons. The Kier molecular flexibility index (Phi) is 3.77. The van der Waals surface area contributed by atoms with E-state index in [4.69, 9.17) is 0 Å². The summed E-state index contributed by atoms with van der Waals surface area (Å²) in [7, 11) is 0. The van der Waals surface area contributed by atoms with E-state index in [1.807, 2.05) is 0 Å². The second kappa shape index (κ2) is 5.13. The van der Waals surface area contributed by atoms with Crippen molar-refractivity contribution in [3.8, 4) is 0 Å². The summed E-state index contributed by atoms with van der Waals surface area (Å²) < 4.78 is 26.1. The van der Waals surface area contributed by atoms with E-state index in [1.165, 1.54) is 37.8 Å². The SMILES string of the molecule is CCC1(CNCc2ccc(F)cc2F)CCC1. The van der Waals surface area contributed by atoms with Gasteiger partial charge in [-0.3, -0.25) is 0 Å². The molecule has 0 saturated heterocycles. The van der Waals surface area contributed by atoms with E-state index < -0.39 is 11.6 Å². The lowest BCUT2D eigenvalue weighted by Crippen LogP contribution is -2.39. The topological polar surface area (TPSA) is 12.0 Å². The van der Waals surface area contributed by atoms with Crippen LogP contribution in [0, 0.1) is 17.0 Å². The van der Waals surface area contributed by atoms with Crippen molar-refractivity contribution in [1.29, 1.82) is 0 Å². The van der Waals surface area contributed by atoms with Crippen molar-refractivity contribution in [2.24, 2.45) is 5.41 Å². The number of rotatable bonds is 5. The van der Waals surface area contributed by atoms with Gasteiger partial charge in [-0.1, -0.05) is 19.4 Å². The molecule has 1 saturated carbocycles. The smallest absolute Gasteiger partial charge is 0.130 e. The van der Waals surface area contributed by atoms with Crippen molar-refractivity contribution < 1.29 is 8.78 Å². The van der Waals surface area contributed by atoms with Gasteiger partial charge in [0.2, 0.25) is 0 Å². The summed E-state index contributed by atoms with van der Waals surface area (Å²) in [6.45, 7) is 3.62. The van der Waals surface area contributed by atoms with Crippen molar-refractivity contribution in [1.82, 2.24) is 5.32 Å². The van der Waals surface area contributed by atoms with Crippen molar-refractivity contribution in [3.63, 3.8) is 0 Å². The standard InChI is InChI=1S/C14H19F2N/c1-2-14(6-3-7-14)10-17-9-11-4-5-12(15)8-13(11)16/h4-5,8,17H,2-3,6-7,9-10H2,1H3. The Hall–Kier alpha value is -0.960. The van der Waals surface area contributed by atoms with E-state index in [1.54, 1.807) is 0 Å². The highest BCUT2D eigenvalue weighted by Gasteiger charge is 2.34. The zero-order chi connectivity index (χ0) is 12.3. The minimum atomic E-state index is -0.518. The van der Waals surface area contributed by atoms with Crippen LogP contribution in [0.4, 0.5) is 8.78 Å². The first-order chi connectivity index (χ1) is 8.15. The van der Waals surface area contributed by atoms with Gasteiger partial charge in [0, 0.05) is 24.7 Å². The maximum atomic E-state index is 13.4. The van der Waals surface area contributed by atoms with Gasteiger partial charge in [-0.2, -0.15) is 0 Å². The highest BCUT2D eigenvalue weighted by atomic mass is 19.1. The maximum absolute atomic E-state index is 13.4. The fourth-order valence-corrected chi connectivity index (χ4v) is 2.46. The molecule has 0 radical (unpaired) electrons. The molecule has 0 atom stereocenters. The van der Waals surface area contributed by atoms with E-state index in [-0.39, 0.29) is 0 Å². The molecule has 1 fully saturated rings. The minimum Gasteiger partial charge on any atom is -0.312 e. The molecule has 17 heavy (non-hydrogen) atoms. The van der Waals surface area contributed by atoms with Crippen LogP contribution in [0.25, 0.3) is 0 Å². The maximum Gasteiger partial charge on any atom is 0.130 e. The lowest BCUT2D eigenvalue weighted by Gasteiger charge is -2.41. The Morgan fingerprint density at radius 1 is 1.29 bits per heavy atom. The van der Waals surface area contributed by atoms with Gasteiger partial charge in [-0.05, 0) is 30.7 Å². The Morgan fingerprint density at radius 2 is 2.06 bits per heavy atom. The van der Waals surface area contributed by atoms with Gasteiger partial charge in [-0.15, -0.1) is 0 Å². The Balaban J connectivity index is 1.85.